The molecule has 0 bridgehead atoms. The van der Waals surface area contributed by atoms with Gasteiger partial charge in [0.05, 0.1) is 0 Å². The molecule has 0 saturated heterocycles. The standard InChI is InChI=1S/2C3H9P.Au/c2*1-4(2)3;/h2*1-3H3;. The van der Waals surface area contributed by atoms with Gasteiger partial charge in [-0.05, 0) is 40.0 Å². The minimum absolute atomic E-state index is 0. The Balaban J connectivity index is -0.0000000720. The molecule has 0 aromatic rings. The molecule has 0 rings (SSSR count). The summed E-state index contributed by atoms with van der Waals surface area (Å²) in [7, 11) is 0.759. The molecule has 0 unspecified atom stereocenters. The second-order valence-corrected chi connectivity index (χ2v) is 8.05. The Morgan fingerprint density at radius 2 is 0.556 bits per heavy atom. The largest absolute Gasteiger partial charge is 0.116 e. The van der Waals surface area contributed by atoms with Crippen molar-refractivity contribution in [2.24, 2.45) is 0 Å². The first-order valence-electron chi connectivity index (χ1n) is 2.68. The smallest absolute Gasteiger partial charge is 0 e. The Morgan fingerprint density at radius 3 is 0.556 bits per heavy atom. The first-order chi connectivity index (χ1) is 3.46. The van der Waals surface area contributed by atoms with Gasteiger partial charge in [-0.15, -0.1) is 15.8 Å². The fourth-order valence-electron chi connectivity index (χ4n) is 0. The van der Waals surface area contributed by atoms with Crippen molar-refractivity contribution >= 4 is 15.8 Å². The van der Waals surface area contributed by atoms with E-state index >= 15 is 0 Å². The summed E-state index contributed by atoms with van der Waals surface area (Å²) in [6, 6.07) is 0. The third kappa shape index (κ3) is 217. The number of hydrogen-bond donors (Lipinski definition) is 0. The minimum Gasteiger partial charge on any atom is -0.116 e. The van der Waals surface area contributed by atoms with Crippen LogP contribution in [0.25, 0.3) is 0 Å². The van der Waals surface area contributed by atoms with Gasteiger partial charge in [-0.3, -0.25) is 0 Å². The number of hydrogen-bond acceptors (Lipinski definition) is 0. The van der Waals surface area contributed by atoms with E-state index in [2.05, 4.69) is 40.0 Å². The molecule has 0 atom stereocenters. The van der Waals surface area contributed by atoms with E-state index in [0.717, 1.165) is 0 Å². The molecular weight excluding hydrogens is 331 g/mol. The van der Waals surface area contributed by atoms with Crippen LogP contribution in [0.1, 0.15) is 0 Å². The maximum atomic E-state index is 2.23. The first-order valence-corrected chi connectivity index (χ1v) is 8.05. The molecule has 0 N–H and O–H groups in total. The van der Waals surface area contributed by atoms with Crippen LogP contribution < -0.4 is 0 Å². The summed E-state index contributed by atoms with van der Waals surface area (Å²) in [4.78, 5) is 0. The molecule has 0 aliphatic heterocycles. The van der Waals surface area contributed by atoms with E-state index in [1.54, 1.807) is 0 Å². The van der Waals surface area contributed by atoms with Gasteiger partial charge in [-0.25, -0.2) is 0 Å². The van der Waals surface area contributed by atoms with Crippen molar-refractivity contribution in [1.29, 1.82) is 0 Å². The van der Waals surface area contributed by atoms with Gasteiger partial charge >= 0.3 is 0 Å². The topological polar surface area (TPSA) is 0 Å². The fraction of sp³-hybridized carbons (Fsp3) is 1.00. The second-order valence-electron chi connectivity index (χ2n) is 2.68. The molecule has 0 saturated carbocycles. The molecule has 0 fully saturated rings. The van der Waals surface area contributed by atoms with Gasteiger partial charge in [-0.2, -0.15) is 0 Å². The molecule has 1 radical (unpaired) electrons. The van der Waals surface area contributed by atoms with Crippen LogP contribution in [-0.2, 0) is 22.4 Å². The van der Waals surface area contributed by atoms with Crippen molar-refractivity contribution in [2.75, 3.05) is 40.0 Å². The van der Waals surface area contributed by atoms with Gasteiger partial charge in [0.1, 0.15) is 0 Å². The zero-order valence-electron chi connectivity index (χ0n) is 7.20. The molecule has 63 valence electrons. The van der Waals surface area contributed by atoms with Crippen LogP contribution in [0.3, 0.4) is 0 Å². The predicted octanol–water partition coefficient (Wildman–Crippen LogP) is 2.71. The SMILES string of the molecule is CP(C)C.CP(C)C.[Au]. The van der Waals surface area contributed by atoms with E-state index in [1.165, 1.54) is 0 Å². The van der Waals surface area contributed by atoms with Gasteiger partial charge < -0.3 is 0 Å². The molecule has 0 nitrogen and oxygen atoms in total. The maximum Gasteiger partial charge on any atom is 0 e. The Kier molecular flexibility index (Phi) is 23.1. The van der Waals surface area contributed by atoms with Gasteiger partial charge in [0.15, 0.2) is 0 Å². The summed E-state index contributed by atoms with van der Waals surface area (Å²) in [6.07, 6.45) is 0. The van der Waals surface area contributed by atoms with E-state index in [4.69, 9.17) is 0 Å². The van der Waals surface area contributed by atoms with Crippen LogP contribution in [0.2, 0.25) is 0 Å². The van der Waals surface area contributed by atoms with E-state index < -0.39 is 0 Å². The first kappa shape index (κ1) is 16.9. The molecular formula is C6H18AuP2. The van der Waals surface area contributed by atoms with Crippen LogP contribution in [-0.4, -0.2) is 40.0 Å². The van der Waals surface area contributed by atoms with Crippen molar-refractivity contribution in [1.82, 2.24) is 0 Å². The summed E-state index contributed by atoms with van der Waals surface area (Å²) in [5.41, 5.74) is 0. The van der Waals surface area contributed by atoms with Crippen LogP contribution in [0.5, 0.6) is 0 Å². The minimum atomic E-state index is 0. The quantitative estimate of drug-likeness (QED) is 0.466. The summed E-state index contributed by atoms with van der Waals surface area (Å²) in [6.45, 7) is 13.4. The molecule has 9 heavy (non-hydrogen) atoms. The van der Waals surface area contributed by atoms with Crippen molar-refractivity contribution in [2.45, 2.75) is 0 Å². The molecule has 0 spiro atoms. The van der Waals surface area contributed by atoms with Crippen LogP contribution in [0.15, 0.2) is 0 Å². The monoisotopic (exact) mass is 349 g/mol. The molecule has 0 heterocycles. The van der Waals surface area contributed by atoms with Crippen LogP contribution in [0, 0.1) is 0 Å². The summed E-state index contributed by atoms with van der Waals surface area (Å²) in [5, 5.41) is 0. The van der Waals surface area contributed by atoms with Crippen molar-refractivity contribution in [3.05, 3.63) is 0 Å². The molecule has 3 heteroatoms. The zero-order valence-corrected chi connectivity index (χ0v) is 11.2. The van der Waals surface area contributed by atoms with E-state index in [0.29, 0.717) is 15.8 Å². The fourth-order valence-corrected chi connectivity index (χ4v) is 0. The Morgan fingerprint density at radius 1 is 0.556 bits per heavy atom. The maximum absolute atomic E-state index is 2.23. The van der Waals surface area contributed by atoms with Gasteiger partial charge in [0.25, 0.3) is 0 Å². The van der Waals surface area contributed by atoms with Gasteiger partial charge in [-0.1, -0.05) is 0 Å². The number of rotatable bonds is 0. The molecule has 0 aliphatic carbocycles. The van der Waals surface area contributed by atoms with Crippen molar-refractivity contribution in [3.8, 4) is 0 Å². The summed E-state index contributed by atoms with van der Waals surface area (Å²) >= 11 is 0. The summed E-state index contributed by atoms with van der Waals surface area (Å²) in [5.74, 6) is 0. The average molecular weight is 349 g/mol. The van der Waals surface area contributed by atoms with E-state index in [-0.39, 0.29) is 22.4 Å². The van der Waals surface area contributed by atoms with Crippen LogP contribution in [0.4, 0.5) is 0 Å². The zero-order chi connectivity index (χ0) is 7.15. The van der Waals surface area contributed by atoms with Gasteiger partial charge in [0, 0.05) is 22.4 Å². The molecule has 0 aromatic carbocycles. The summed E-state index contributed by atoms with van der Waals surface area (Å²) < 4.78 is 0. The predicted molar refractivity (Wildman–Crippen MR) is 49.4 cm³/mol. The third-order valence-corrected chi connectivity index (χ3v) is 0. The van der Waals surface area contributed by atoms with Crippen molar-refractivity contribution in [3.63, 3.8) is 0 Å². The molecule has 0 aromatic heterocycles. The van der Waals surface area contributed by atoms with E-state index in [1.807, 2.05) is 0 Å². The van der Waals surface area contributed by atoms with Crippen molar-refractivity contribution < 1.29 is 22.4 Å². The average Bonchev–Trinajstić information content (AvgIpc) is 1.25. The Hall–Kier alpha value is 1.60. The van der Waals surface area contributed by atoms with Crippen LogP contribution >= 0.6 is 15.8 Å². The molecule has 0 amide bonds. The van der Waals surface area contributed by atoms with Gasteiger partial charge in [0.2, 0.25) is 0 Å². The Bertz CT molecular complexity index is 26.5. The normalized spacial score (nSPS) is 8.00. The van der Waals surface area contributed by atoms with E-state index in [9.17, 15) is 0 Å². The second kappa shape index (κ2) is 12.3. The Labute approximate surface area is 78.2 Å². The third-order valence-electron chi connectivity index (χ3n) is 0. The molecule has 0 aliphatic rings.